The maximum absolute atomic E-state index is 12.8. The van der Waals surface area contributed by atoms with Crippen LogP contribution in [0.3, 0.4) is 0 Å². The van der Waals surface area contributed by atoms with Crippen LogP contribution in [0.2, 0.25) is 0 Å². The summed E-state index contributed by atoms with van der Waals surface area (Å²) >= 11 is 0. The molecule has 1 N–H and O–H groups in total. The van der Waals surface area contributed by atoms with Crippen molar-refractivity contribution >= 4 is 23.1 Å². The first-order valence-corrected chi connectivity index (χ1v) is 13.0. The number of carbonyl (C=O) groups is 2. The Bertz CT molecular complexity index is 1430. The standard InChI is InChI=1S/C29H34N4O6/c1-29(2,3)39-28(36)33-12-5-13-37-23(18-33)16-26(34)31-22(17-30)14-19-6-8-20(9-7-19)21-10-11-25-24(15-21)32(4)27(35)38-25/h6-11,15,22-23H,5,12-14,16,18H2,1-4H3,(H,31,34)/t22-,23+/m0/s1. The number of nitriles is 1. The van der Waals surface area contributed by atoms with Crippen LogP contribution in [0.1, 0.15) is 39.2 Å². The van der Waals surface area contributed by atoms with Crippen molar-refractivity contribution in [3.05, 3.63) is 58.6 Å². The van der Waals surface area contributed by atoms with Gasteiger partial charge in [-0.25, -0.2) is 9.59 Å². The van der Waals surface area contributed by atoms with Crippen LogP contribution in [0.4, 0.5) is 4.79 Å². The van der Waals surface area contributed by atoms with Crippen LogP contribution in [0.25, 0.3) is 22.2 Å². The molecular formula is C29H34N4O6. The van der Waals surface area contributed by atoms with Crippen LogP contribution in [0.5, 0.6) is 0 Å². The molecule has 2 heterocycles. The quantitative estimate of drug-likeness (QED) is 0.510. The number of rotatable bonds is 6. The molecular weight excluding hydrogens is 500 g/mol. The highest BCUT2D eigenvalue weighted by atomic mass is 16.6. The van der Waals surface area contributed by atoms with Gasteiger partial charge in [-0.3, -0.25) is 9.36 Å². The molecule has 0 radical (unpaired) electrons. The summed E-state index contributed by atoms with van der Waals surface area (Å²) < 4.78 is 17.9. The average molecular weight is 535 g/mol. The Morgan fingerprint density at radius 3 is 2.59 bits per heavy atom. The maximum atomic E-state index is 12.8. The fourth-order valence-electron chi connectivity index (χ4n) is 4.48. The molecule has 10 nitrogen and oxygen atoms in total. The molecule has 1 saturated heterocycles. The third-order valence-electron chi connectivity index (χ3n) is 6.42. The van der Waals surface area contributed by atoms with Gasteiger partial charge in [-0.2, -0.15) is 5.26 Å². The summed E-state index contributed by atoms with van der Waals surface area (Å²) in [5, 5.41) is 12.5. The van der Waals surface area contributed by atoms with E-state index in [-0.39, 0.29) is 18.9 Å². The normalized spacial score (nSPS) is 16.8. The van der Waals surface area contributed by atoms with E-state index < -0.39 is 29.6 Å². The van der Waals surface area contributed by atoms with Crippen molar-refractivity contribution in [3.63, 3.8) is 0 Å². The van der Waals surface area contributed by atoms with E-state index in [9.17, 15) is 19.6 Å². The highest BCUT2D eigenvalue weighted by Gasteiger charge is 2.28. The first-order valence-electron chi connectivity index (χ1n) is 13.0. The van der Waals surface area contributed by atoms with E-state index in [0.29, 0.717) is 37.1 Å². The average Bonchev–Trinajstić information content (AvgIpc) is 3.03. The molecule has 0 spiro atoms. The molecule has 39 heavy (non-hydrogen) atoms. The predicted molar refractivity (Wildman–Crippen MR) is 145 cm³/mol. The molecule has 4 rings (SSSR count). The number of aryl methyl sites for hydroxylation is 1. The smallest absolute Gasteiger partial charge is 0.419 e. The maximum Gasteiger partial charge on any atom is 0.419 e. The second kappa shape index (κ2) is 11.7. The number of amides is 2. The number of hydrogen-bond donors (Lipinski definition) is 1. The Labute approximate surface area is 227 Å². The summed E-state index contributed by atoms with van der Waals surface area (Å²) in [6.45, 7) is 6.62. The third kappa shape index (κ3) is 7.27. The lowest BCUT2D eigenvalue weighted by atomic mass is 10.0. The van der Waals surface area contributed by atoms with Crippen LogP contribution in [-0.4, -0.2) is 58.9 Å². The van der Waals surface area contributed by atoms with Gasteiger partial charge in [-0.15, -0.1) is 0 Å². The summed E-state index contributed by atoms with van der Waals surface area (Å²) in [5.74, 6) is -0.721. The van der Waals surface area contributed by atoms with Gasteiger partial charge < -0.3 is 24.1 Å². The Kier molecular flexibility index (Phi) is 8.41. The van der Waals surface area contributed by atoms with E-state index in [4.69, 9.17) is 13.9 Å². The molecule has 0 unspecified atom stereocenters. The number of aromatic nitrogens is 1. The zero-order valence-corrected chi connectivity index (χ0v) is 22.7. The largest absolute Gasteiger partial charge is 0.444 e. The van der Waals surface area contributed by atoms with Crippen LogP contribution >= 0.6 is 0 Å². The fraction of sp³-hybridized carbons (Fsp3) is 0.448. The van der Waals surface area contributed by atoms with Crippen LogP contribution in [0, 0.1) is 11.3 Å². The van der Waals surface area contributed by atoms with E-state index in [1.807, 2.05) is 57.2 Å². The van der Waals surface area contributed by atoms with Crippen LogP contribution < -0.4 is 11.1 Å². The summed E-state index contributed by atoms with van der Waals surface area (Å²) in [4.78, 5) is 38.6. The molecule has 2 aromatic carbocycles. The third-order valence-corrected chi connectivity index (χ3v) is 6.42. The molecule has 10 heteroatoms. The highest BCUT2D eigenvalue weighted by Crippen LogP contribution is 2.24. The molecule has 0 bridgehead atoms. The SMILES string of the molecule is Cn1c(=O)oc2ccc(-c3ccc(C[C@@H](C#N)NC(=O)C[C@@H]4CN(C(=O)OC(C)(C)C)CCCO4)cc3)cc21. The zero-order valence-electron chi connectivity index (χ0n) is 22.7. The van der Waals surface area contributed by atoms with Crippen molar-refractivity contribution in [2.75, 3.05) is 19.7 Å². The van der Waals surface area contributed by atoms with Crippen molar-refractivity contribution in [3.8, 4) is 17.2 Å². The van der Waals surface area contributed by atoms with E-state index in [1.54, 1.807) is 18.0 Å². The number of nitrogens with one attached hydrogen (secondary N) is 1. The van der Waals surface area contributed by atoms with E-state index in [2.05, 4.69) is 11.4 Å². The van der Waals surface area contributed by atoms with Crippen molar-refractivity contribution < 1.29 is 23.5 Å². The molecule has 2 amide bonds. The van der Waals surface area contributed by atoms with Crippen molar-refractivity contribution in [1.29, 1.82) is 5.26 Å². The Morgan fingerprint density at radius 1 is 1.18 bits per heavy atom. The van der Waals surface area contributed by atoms with Gasteiger partial charge >= 0.3 is 11.8 Å². The minimum atomic E-state index is -0.715. The second-order valence-corrected chi connectivity index (χ2v) is 10.7. The lowest BCUT2D eigenvalue weighted by Gasteiger charge is -2.28. The van der Waals surface area contributed by atoms with Gasteiger partial charge in [-0.1, -0.05) is 30.3 Å². The van der Waals surface area contributed by atoms with Gasteiger partial charge in [-0.05, 0) is 56.0 Å². The first kappa shape index (κ1) is 27.9. The Balaban J connectivity index is 1.34. The molecule has 0 aliphatic carbocycles. The summed E-state index contributed by atoms with van der Waals surface area (Å²) in [6.07, 6.45) is 0.126. The second-order valence-electron chi connectivity index (χ2n) is 10.7. The monoisotopic (exact) mass is 534 g/mol. The number of fused-ring (bicyclic) bond motifs is 1. The number of benzene rings is 2. The van der Waals surface area contributed by atoms with Gasteiger partial charge in [0, 0.05) is 26.6 Å². The molecule has 3 aromatic rings. The minimum Gasteiger partial charge on any atom is -0.444 e. The van der Waals surface area contributed by atoms with Crippen LogP contribution in [-0.2, 0) is 27.7 Å². The van der Waals surface area contributed by atoms with Crippen molar-refractivity contribution in [2.24, 2.45) is 7.05 Å². The minimum absolute atomic E-state index is 0.0371. The number of carbonyl (C=O) groups excluding carboxylic acids is 2. The molecule has 2 atom stereocenters. The van der Waals surface area contributed by atoms with Crippen molar-refractivity contribution in [1.82, 2.24) is 14.8 Å². The molecule has 1 aromatic heterocycles. The highest BCUT2D eigenvalue weighted by molar-refractivity contribution is 5.80. The predicted octanol–water partition coefficient (Wildman–Crippen LogP) is 3.77. The number of ether oxygens (including phenoxy) is 2. The number of oxazole rings is 1. The molecule has 0 saturated carbocycles. The molecule has 1 aliphatic rings. The van der Waals surface area contributed by atoms with E-state index in [0.717, 1.165) is 16.7 Å². The van der Waals surface area contributed by atoms with Gasteiger partial charge in [0.2, 0.25) is 5.91 Å². The Morgan fingerprint density at radius 2 is 1.90 bits per heavy atom. The fourth-order valence-corrected chi connectivity index (χ4v) is 4.48. The molecule has 1 aliphatic heterocycles. The lowest BCUT2D eigenvalue weighted by Crippen LogP contribution is -2.43. The van der Waals surface area contributed by atoms with E-state index >= 15 is 0 Å². The Hall–Kier alpha value is -4.10. The van der Waals surface area contributed by atoms with Gasteiger partial charge in [0.05, 0.1) is 30.7 Å². The topological polar surface area (TPSA) is 127 Å². The van der Waals surface area contributed by atoms with Crippen molar-refractivity contribution in [2.45, 2.75) is 57.8 Å². The van der Waals surface area contributed by atoms with Crippen LogP contribution in [0.15, 0.2) is 51.7 Å². The van der Waals surface area contributed by atoms with Gasteiger partial charge in [0.1, 0.15) is 11.6 Å². The van der Waals surface area contributed by atoms with E-state index in [1.165, 1.54) is 4.57 Å². The van der Waals surface area contributed by atoms with Gasteiger partial charge in [0.15, 0.2) is 5.58 Å². The number of nitrogens with zero attached hydrogens (tertiary/aromatic N) is 3. The summed E-state index contributed by atoms with van der Waals surface area (Å²) in [7, 11) is 1.66. The lowest BCUT2D eigenvalue weighted by molar-refractivity contribution is -0.124. The summed E-state index contributed by atoms with van der Waals surface area (Å²) in [6, 6.07) is 14.7. The zero-order chi connectivity index (χ0) is 28.2. The number of hydrogen-bond acceptors (Lipinski definition) is 7. The van der Waals surface area contributed by atoms with Gasteiger partial charge in [0.25, 0.3) is 0 Å². The molecule has 1 fully saturated rings. The first-order chi connectivity index (χ1) is 18.5. The summed E-state index contributed by atoms with van der Waals surface area (Å²) in [5.41, 5.74) is 3.40. The molecule has 206 valence electrons.